The fourth-order valence-corrected chi connectivity index (χ4v) is 3.87. The lowest BCUT2D eigenvalue weighted by Crippen LogP contribution is -2.11. The summed E-state index contributed by atoms with van der Waals surface area (Å²) >= 11 is -0.250. The Bertz CT molecular complexity index is 153. The topological polar surface area (TPSA) is 43.1 Å². The standard InChI is InChI=1S/C4H9.C3H5NO.2C2H5.Al/c1-4(2)3;1-2-3(4)5;2*1-2;/h4H,1H2,2-3H3;2H,1H2,(H2,4,5);2*1H2,2H3;. The predicted molar refractivity (Wildman–Crippen MR) is 65.8 cm³/mol. The second-order valence-corrected chi connectivity index (χ2v) is 7.76. The first-order valence-electron chi connectivity index (χ1n) is 5.39. The molecule has 3 heteroatoms. The monoisotopic (exact) mass is 213 g/mol. The minimum Gasteiger partial charge on any atom is -0.366 e. The third-order valence-corrected chi connectivity index (χ3v) is 6.08. The Morgan fingerprint density at radius 2 is 1.79 bits per heavy atom. The van der Waals surface area contributed by atoms with Crippen molar-refractivity contribution >= 4 is 20.1 Å². The quantitative estimate of drug-likeness (QED) is 0.554. The van der Waals surface area contributed by atoms with E-state index < -0.39 is 5.91 Å². The van der Waals surface area contributed by atoms with Crippen molar-refractivity contribution in [3.63, 3.8) is 0 Å². The Morgan fingerprint density at radius 3 is 1.86 bits per heavy atom. The van der Waals surface area contributed by atoms with Crippen LogP contribution in [0.1, 0.15) is 27.7 Å². The summed E-state index contributed by atoms with van der Waals surface area (Å²) in [6.45, 7) is 12.5. The zero-order valence-electron chi connectivity index (χ0n) is 10.0. The van der Waals surface area contributed by atoms with Crippen molar-refractivity contribution in [3.8, 4) is 0 Å². The van der Waals surface area contributed by atoms with Crippen molar-refractivity contribution in [1.29, 1.82) is 0 Å². The number of primary amides is 1. The number of carbonyl (C=O) groups excluding carboxylic acids is 1. The van der Waals surface area contributed by atoms with Crippen molar-refractivity contribution in [2.45, 2.75) is 43.5 Å². The van der Waals surface area contributed by atoms with Crippen molar-refractivity contribution in [2.24, 2.45) is 11.7 Å². The van der Waals surface area contributed by atoms with E-state index in [1.807, 2.05) is 0 Å². The molecule has 0 atom stereocenters. The third kappa shape index (κ3) is 14.3. The summed E-state index contributed by atoms with van der Waals surface area (Å²) in [4.78, 5) is 9.47. The molecule has 0 saturated carbocycles. The average molecular weight is 213 g/mol. The van der Waals surface area contributed by atoms with E-state index >= 15 is 0 Å². The highest BCUT2D eigenvalue weighted by Crippen LogP contribution is 2.11. The van der Waals surface area contributed by atoms with Crippen LogP contribution in [0.3, 0.4) is 0 Å². The molecule has 0 aromatic heterocycles. The maximum atomic E-state index is 9.47. The van der Waals surface area contributed by atoms with E-state index in [-0.39, 0.29) is 14.1 Å². The third-order valence-electron chi connectivity index (χ3n) is 2.16. The molecule has 0 aliphatic heterocycles. The maximum absolute atomic E-state index is 9.47. The second-order valence-electron chi connectivity index (χ2n) is 3.92. The Balaban J connectivity index is 0. The molecule has 0 unspecified atom stereocenters. The maximum Gasteiger partial charge on any atom is 0.261 e. The molecule has 0 saturated heterocycles. The molecule has 0 radical (unpaired) electrons. The molecule has 0 spiro atoms. The Morgan fingerprint density at radius 1 is 1.43 bits per heavy atom. The Labute approximate surface area is 93.0 Å². The number of amides is 1. The van der Waals surface area contributed by atoms with E-state index in [2.05, 4.69) is 40.0 Å². The fourth-order valence-electron chi connectivity index (χ4n) is 1.29. The van der Waals surface area contributed by atoms with E-state index in [1.54, 1.807) is 5.28 Å². The molecule has 2 nitrogen and oxygen atoms in total. The number of nitrogens with two attached hydrogens (primary N) is 1. The molecule has 0 aliphatic rings. The molecule has 0 heterocycles. The highest BCUT2D eigenvalue weighted by atomic mass is 27.2. The molecule has 0 fully saturated rings. The van der Waals surface area contributed by atoms with Crippen molar-refractivity contribution in [1.82, 2.24) is 0 Å². The van der Waals surface area contributed by atoms with E-state index in [0.717, 1.165) is 12.0 Å². The molecule has 2 N–H and O–H groups in total. The number of hydrogen-bond donors (Lipinski definition) is 1. The fraction of sp³-hybridized carbons (Fsp3) is 0.727. The minimum absolute atomic E-state index is 0.250. The van der Waals surface area contributed by atoms with Crippen LogP contribution in [-0.2, 0) is 4.79 Å². The molecule has 0 aromatic carbocycles. The van der Waals surface area contributed by atoms with Crippen LogP contribution in [0, 0.1) is 5.92 Å². The Hall–Kier alpha value is -0.258. The van der Waals surface area contributed by atoms with Crippen LogP contribution in [0.4, 0.5) is 0 Å². The predicted octanol–water partition coefficient (Wildman–Crippen LogP) is 2.83. The van der Waals surface area contributed by atoms with Crippen LogP contribution >= 0.6 is 0 Å². The summed E-state index contributed by atoms with van der Waals surface area (Å²) in [5, 5.41) is 4.54. The number of hydrogen-bond acceptors (Lipinski definition) is 1. The smallest absolute Gasteiger partial charge is 0.261 e. The van der Waals surface area contributed by atoms with Gasteiger partial charge in [0, 0.05) is 0 Å². The van der Waals surface area contributed by atoms with Crippen LogP contribution in [0.25, 0.3) is 0 Å². The van der Waals surface area contributed by atoms with Gasteiger partial charge in [0.05, 0.1) is 0 Å². The van der Waals surface area contributed by atoms with Gasteiger partial charge in [-0.05, 0) is 6.08 Å². The SMILES string of the molecule is C=CC(N)=O.C[CH2][Al]([CH2]C)[CH2]C(C)C. The number of carbonyl (C=O) groups is 1. The van der Waals surface area contributed by atoms with Gasteiger partial charge in [0.15, 0.2) is 0 Å². The van der Waals surface area contributed by atoms with E-state index in [0.29, 0.717) is 0 Å². The average Bonchev–Trinajstić information content (AvgIpc) is 2.14. The molecule has 82 valence electrons. The first-order chi connectivity index (χ1) is 6.47. The van der Waals surface area contributed by atoms with Gasteiger partial charge in [0.1, 0.15) is 0 Å². The van der Waals surface area contributed by atoms with E-state index in [1.165, 1.54) is 10.6 Å². The summed E-state index contributed by atoms with van der Waals surface area (Å²) in [6.07, 6.45) is 1.06. The summed E-state index contributed by atoms with van der Waals surface area (Å²) in [6, 6.07) is 0. The molecule has 1 amide bonds. The van der Waals surface area contributed by atoms with Gasteiger partial charge in [-0.25, -0.2) is 0 Å². The molecule has 14 heavy (non-hydrogen) atoms. The van der Waals surface area contributed by atoms with Gasteiger partial charge in [-0.15, -0.1) is 0 Å². The summed E-state index contributed by atoms with van der Waals surface area (Å²) in [5.74, 6) is 0.464. The first-order valence-corrected chi connectivity index (χ1v) is 7.84. The van der Waals surface area contributed by atoms with Crippen LogP contribution in [0.5, 0.6) is 0 Å². The second kappa shape index (κ2) is 10.8. The highest BCUT2D eigenvalue weighted by Gasteiger charge is 2.12. The van der Waals surface area contributed by atoms with Crippen LogP contribution in [0.15, 0.2) is 12.7 Å². The summed E-state index contributed by atoms with van der Waals surface area (Å²) < 4.78 is 0. The van der Waals surface area contributed by atoms with Crippen molar-refractivity contribution in [2.75, 3.05) is 0 Å². The highest BCUT2D eigenvalue weighted by molar-refractivity contribution is 6.58. The largest absolute Gasteiger partial charge is 0.366 e. The van der Waals surface area contributed by atoms with Gasteiger partial charge < -0.3 is 5.73 Å². The van der Waals surface area contributed by atoms with Crippen LogP contribution in [0.2, 0.25) is 15.8 Å². The number of rotatable bonds is 5. The minimum atomic E-state index is -0.481. The molecule has 0 aromatic rings. The van der Waals surface area contributed by atoms with E-state index in [4.69, 9.17) is 0 Å². The lowest BCUT2D eigenvalue weighted by atomic mass is 10.3. The lowest BCUT2D eigenvalue weighted by molar-refractivity contribution is -0.113. The van der Waals surface area contributed by atoms with E-state index in [9.17, 15) is 4.79 Å². The van der Waals surface area contributed by atoms with Gasteiger partial charge in [-0.1, -0.05) is 56.0 Å². The van der Waals surface area contributed by atoms with Gasteiger partial charge in [-0.3, -0.25) is 4.79 Å². The first kappa shape index (κ1) is 16.2. The zero-order valence-corrected chi connectivity index (χ0v) is 11.2. The van der Waals surface area contributed by atoms with Crippen LogP contribution in [-0.4, -0.2) is 20.1 Å². The van der Waals surface area contributed by atoms with Crippen molar-refractivity contribution < 1.29 is 4.79 Å². The zero-order chi connectivity index (χ0) is 11.6. The molecular weight excluding hydrogens is 189 g/mol. The lowest BCUT2D eigenvalue weighted by Gasteiger charge is -2.08. The molecule has 0 rings (SSSR count). The van der Waals surface area contributed by atoms with Gasteiger partial charge >= 0.3 is 0 Å². The Kier molecular flexibility index (Phi) is 12.5. The van der Waals surface area contributed by atoms with Crippen molar-refractivity contribution in [3.05, 3.63) is 12.7 Å². The van der Waals surface area contributed by atoms with Gasteiger partial charge in [-0.2, -0.15) is 0 Å². The van der Waals surface area contributed by atoms with Gasteiger partial charge in [0.2, 0.25) is 5.91 Å². The normalized spacial score (nSPS) is 8.93. The molecular formula is C11H24AlNO. The summed E-state index contributed by atoms with van der Waals surface area (Å²) in [5.41, 5.74) is 4.53. The van der Waals surface area contributed by atoms with Crippen LogP contribution < -0.4 is 5.73 Å². The van der Waals surface area contributed by atoms with Gasteiger partial charge in [0.25, 0.3) is 14.1 Å². The summed E-state index contributed by atoms with van der Waals surface area (Å²) in [7, 11) is 0. The molecule has 0 aliphatic carbocycles. The molecule has 0 bridgehead atoms.